The van der Waals surface area contributed by atoms with Crippen LogP contribution in [0.1, 0.15) is 33.0 Å². The molecule has 0 saturated carbocycles. The summed E-state index contributed by atoms with van der Waals surface area (Å²) in [5.74, 6) is -0.270. The second-order valence-corrected chi connectivity index (χ2v) is 7.34. The van der Waals surface area contributed by atoms with Crippen molar-refractivity contribution in [2.45, 2.75) is 33.7 Å². The molecule has 2 amide bonds. The molecule has 0 saturated heterocycles. The van der Waals surface area contributed by atoms with Gasteiger partial charge in [0, 0.05) is 18.7 Å². The molecule has 3 aromatic rings. The zero-order valence-electron chi connectivity index (χ0n) is 15.3. The first kappa shape index (κ1) is 18.8. The number of primary amides is 1. The van der Waals surface area contributed by atoms with Gasteiger partial charge in [0.05, 0.1) is 10.3 Å². The second-order valence-electron chi connectivity index (χ2n) is 6.34. The third-order valence-corrected chi connectivity index (χ3v) is 5.61. The number of amides is 2. The molecule has 0 atom stereocenters. The highest BCUT2D eigenvalue weighted by Gasteiger charge is 2.21. The van der Waals surface area contributed by atoms with Gasteiger partial charge >= 0.3 is 0 Å². The van der Waals surface area contributed by atoms with Gasteiger partial charge in [-0.1, -0.05) is 18.2 Å². The van der Waals surface area contributed by atoms with Crippen molar-refractivity contribution < 1.29 is 9.59 Å². The Labute approximate surface area is 159 Å². The minimum atomic E-state index is -0.485. The number of para-hydroxylation sites is 1. The Morgan fingerprint density at radius 3 is 2.59 bits per heavy atom. The normalized spacial score (nSPS) is 10.9. The topological polar surface area (TPSA) is 107 Å². The monoisotopic (exact) mass is 384 g/mol. The summed E-state index contributed by atoms with van der Waals surface area (Å²) in [5.41, 5.74) is 7.19. The number of anilines is 1. The van der Waals surface area contributed by atoms with E-state index in [0.29, 0.717) is 26.5 Å². The molecule has 7 nitrogen and oxygen atoms in total. The highest BCUT2D eigenvalue weighted by Crippen LogP contribution is 2.28. The smallest absolute Gasteiger partial charge is 0.266 e. The van der Waals surface area contributed by atoms with Gasteiger partial charge in [-0.2, -0.15) is 0 Å². The average molecular weight is 384 g/mol. The SMILES string of the molecule is Cc1ccccc1NC(=O)c1sc2nc(C)n(CCC(N)=O)c(=O)c2c1C. The fourth-order valence-electron chi connectivity index (χ4n) is 2.91. The van der Waals surface area contributed by atoms with Gasteiger partial charge in [0.15, 0.2) is 0 Å². The summed E-state index contributed by atoms with van der Waals surface area (Å²) in [7, 11) is 0. The molecule has 0 radical (unpaired) electrons. The number of nitrogens with two attached hydrogens (primary N) is 1. The maximum Gasteiger partial charge on any atom is 0.266 e. The van der Waals surface area contributed by atoms with Crippen LogP contribution in [0.25, 0.3) is 10.2 Å². The molecule has 0 unspecified atom stereocenters. The van der Waals surface area contributed by atoms with Crippen molar-refractivity contribution in [1.29, 1.82) is 0 Å². The number of carbonyl (C=O) groups excluding carboxylic acids is 2. The maximum atomic E-state index is 12.9. The maximum absolute atomic E-state index is 12.9. The molecule has 0 aliphatic heterocycles. The fourth-order valence-corrected chi connectivity index (χ4v) is 4.02. The molecule has 0 spiro atoms. The van der Waals surface area contributed by atoms with Crippen LogP contribution in [0, 0.1) is 20.8 Å². The number of thiophene rings is 1. The Balaban J connectivity index is 2.03. The van der Waals surface area contributed by atoms with Gasteiger partial charge in [0.1, 0.15) is 10.7 Å². The third kappa shape index (κ3) is 3.61. The van der Waals surface area contributed by atoms with Gasteiger partial charge in [-0.05, 0) is 38.0 Å². The van der Waals surface area contributed by atoms with E-state index in [9.17, 15) is 14.4 Å². The van der Waals surface area contributed by atoms with Crippen molar-refractivity contribution in [1.82, 2.24) is 9.55 Å². The molecular weight excluding hydrogens is 364 g/mol. The van der Waals surface area contributed by atoms with Crippen molar-refractivity contribution in [3.05, 3.63) is 56.4 Å². The summed E-state index contributed by atoms with van der Waals surface area (Å²) in [6.07, 6.45) is 0.0533. The molecule has 0 fully saturated rings. The van der Waals surface area contributed by atoms with Crippen LogP contribution in [0.2, 0.25) is 0 Å². The van der Waals surface area contributed by atoms with E-state index in [-0.39, 0.29) is 24.4 Å². The lowest BCUT2D eigenvalue weighted by molar-refractivity contribution is -0.118. The first-order valence-electron chi connectivity index (χ1n) is 8.45. The van der Waals surface area contributed by atoms with E-state index in [2.05, 4.69) is 10.3 Å². The van der Waals surface area contributed by atoms with Gasteiger partial charge in [-0.3, -0.25) is 19.0 Å². The van der Waals surface area contributed by atoms with Crippen molar-refractivity contribution >= 4 is 39.1 Å². The molecule has 0 bridgehead atoms. The van der Waals surface area contributed by atoms with E-state index >= 15 is 0 Å². The zero-order valence-corrected chi connectivity index (χ0v) is 16.1. The summed E-state index contributed by atoms with van der Waals surface area (Å²) >= 11 is 1.19. The van der Waals surface area contributed by atoms with E-state index in [4.69, 9.17) is 5.73 Å². The predicted octanol–water partition coefficient (Wildman–Crippen LogP) is 2.51. The number of carbonyl (C=O) groups is 2. The van der Waals surface area contributed by atoms with Crippen LogP contribution in [0.5, 0.6) is 0 Å². The molecule has 0 aliphatic rings. The molecule has 2 heterocycles. The Bertz CT molecular complexity index is 1110. The lowest BCUT2D eigenvalue weighted by Crippen LogP contribution is -2.26. The lowest BCUT2D eigenvalue weighted by atomic mass is 10.1. The molecule has 27 heavy (non-hydrogen) atoms. The standard InChI is InChI=1S/C19H20N4O3S/c1-10-6-4-5-7-13(10)22-17(25)16-11(2)15-18(27-16)21-12(3)23(19(15)26)9-8-14(20)24/h4-7H,8-9H2,1-3H3,(H2,20,24)(H,22,25). The van der Waals surface area contributed by atoms with Crippen LogP contribution in [0.4, 0.5) is 5.69 Å². The van der Waals surface area contributed by atoms with Crippen LogP contribution in [-0.4, -0.2) is 21.4 Å². The number of nitrogens with zero attached hydrogens (tertiary/aromatic N) is 2. The summed E-state index contributed by atoms with van der Waals surface area (Å²) in [6, 6.07) is 7.49. The number of nitrogens with one attached hydrogen (secondary N) is 1. The minimum absolute atomic E-state index is 0.0533. The third-order valence-electron chi connectivity index (χ3n) is 4.42. The van der Waals surface area contributed by atoms with Gasteiger partial charge in [0.25, 0.3) is 11.5 Å². The van der Waals surface area contributed by atoms with Crippen molar-refractivity contribution in [2.24, 2.45) is 5.73 Å². The number of fused-ring (bicyclic) bond motifs is 1. The summed E-state index contributed by atoms with van der Waals surface area (Å²) in [4.78, 5) is 42.1. The second kappa shape index (κ2) is 7.32. The van der Waals surface area contributed by atoms with Gasteiger partial charge in [0.2, 0.25) is 5.91 Å². The first-order valence-corrected chi connectivity index (χ1v) is 9.27. The number of aromatic nitrogens is 2. The number of rotatable bonds is 5. The van der Waals surface area contributed by atoms with Gasteiger partial charge in [-0.15, -0.1) is 11.3 Å². The fraction of sp³-hybridized carbons (Fsp3) is 0.263. The number of benzene rings is 1. The van der Waals surface area contributed by atoms with Crippen LogP contribution in [0.3, 0.4) is 0 Å². The average Bonchev–Trinajstić information content (AvgIpc) is 2.93. The summed E-state index contributed by atoms with van der Waals surface area (Å²) in [5, 5.41) is 3.30. The van der Waals surface area contributed by atoms with Crippen molar-refractivity contribution in [3.63, 3.8) is 0 Å². The van der Waals surface area contributed by atoms with Crippen LogP contribution in [0.15, 0.2) is 29.1 Å². The molecule has 140 valence electrons. The quantitative estimate of drug-likeness (QED) is 0.705. The van der Waals surface area contributed by atoms with Crippen molar-refractivity contribution in [3.8, 4) is 0 Å². The van der Waals surface area contributed by atoms with E-state index in [1.54, 1.807) is 13.8 Å². The first-order chi connectivity index (χ1) is 12.8. The Morgan fingerprint density at radius 1 is 1.22 bits per heavy atom. The highest BCUT2D eigenvalue weighted by molar-refractivity contribution is 7.20. The molecule has 2 aromatic heterocycles. The van der Waals surface area contributed by atoms with E-state index < -0.39 is 5.91 Å². The highest BCUT2D eigenvalue weighted by atomic mass is 32.1. The molecule has 3 N–H and O–H groups in total. The lowest BCUT2D eigenvalue weighted by Gasteiger charge is -2.08. The minimum Gasteiger partial charge on any atom is -0.370 e. The Hall–Kier alpha value is -3.00. The summed E-state index contributed by atoms with van der Waals surface area (Å²) in [6.45, 7) is 5.52. The van der Waals surface area contributed by atoms with E-state index in [1.807, 2.05) is 31.2 Å². The van der Waals surface area contributed by atoms with Gasteiger partial charge in [-0.25, -0.2) is 4.98 Å². The van der Waals surface area contributed by atoms with Crippen LogP contribution in [-0.2, 0) is 11.3 Å². The van der Waals surface area contributed by atoms with Crippen LogP contribution < -0.4 is 16.6 Å². The summed E-state index contributed by atoms with van der Waals surface area (Å²) < 4.78 is 1.43. The number of hydrogen-bond acceptors (Lipinski definition) is 5. The predicted molar refractivity (Wildman–Crippen MR) is 106 cm³/mol. The number of aryl methyl sites for hydroxylation is 3. The number of hydrogen-bond donors (Lipinski definition) is 2. The zero-order chi connectivity index (χ0) is 19.7. The molecule has 3 rings (SSSR count). The molecule has 8 heteroatoms. The van der Waals surface area contributed by atoms with Gasteiger partial charge < -0.3 is 11.1 Å². The Morgan fingerprint density at radius 2 is 1.93 bits per heavy atom. The molecule has 0 aliphatic carbocycles. The van der Waals surface area contributed by atoms with Crippen molar-refractivity contribution in [2.75, 3.05) is 5.32 Å². The molecule has 1 aromatic carbocycles. The molecular formula is C19H20N4O3S. The largest absolute Gasteiger partial charge is 0.370 e. The van der Waals surface area contributed by atoms with E-state index in [0.717, 1.165) is 11.3 Å². The van der Waals surface area contributed by atoms with E-state index in [1.165, 1.54) is 15.9 Å². The Kier molecular flexibility index (Phi) is 5.09. The van der Waals surface area contributed by atoms with Crippen LogP contribution >= 0.6 is 11.3 Å².